The molecule has 0 bridgehead atoms. The molecule has 0 aliphatic carbocycles. The van der Waals surface area contributed by atoms with Gasteiger partial charge >= 0.3 is 6.18 Å². The zero-order valence-electron chi connectivity index (χ0n) is 18.7. The fourth-order valence-corrected chi connectivity index (χ4v) is 4.09. The van der Waals surface area contributed by atoms with Crippen molar-refractivity contribution in [3.63, 3.8) is 0 Å². The van der Waals surface area contributed by atoms with E-state index < -0.39 is 12.7 Å². The fraction of sp³-hybridized carbons (Fsp3) is 0.609. The van der Waals surface area contributed by atoms with Crippen LogP contribution in [-0.4, -0.2) is 62.8 Å². The number of aliphatic imine (C=N–C) groups is 1. The lowest BCUT2D eigenvalue weighted by molar-refractivity contribution is -0.148. The lowest BCUT2D eigenvalue weighted by atomic mass is 9.93. The number of benzene rings is 1. The molecule has 1 saturated heterocycles. The van der Waals surface area contributed by atoms with E-state index in [4.69, 9.17) is 0 Å². The molecule has 3 rings (SSSR count). The molecule has 1 fully saturated rings. The highest BCUT2D eigenvalue weighted by atomic mass is 127. The van der Waals surface area contributed by atoms with Crippen LogP contribution in [0.1, 0.15) is 31.7 Å². The summed E-state index contributed by atoms with van der Waals surface area (Å²) in [6, 6.07) is 8.53. The first-order valence-electron chi connectivity index (χ1n) is 11.2. The van der Waals surface area contributed by atoms with Gasteiger partial charge in [-0.15, -0.1) is 24.0 Å². The maximum atomic E-state index is 12.5. The predicted molar refractivity (Wildman–Crippen MR) is 136 cm³/mol. The summed E-state index contributed by atoms with van der Waals surface area (Å²) in [6.45, 7) is 6.39. The van der Waals surface area contributed by atoms with Crippen molar-refractivity contribution < 1.29 is 13.2 Å². The monoisotopic (exact) mass is 565 g/mol. The number of alkyl halides is 3. The number of nitrogens with zero attached hydrogens (tertiary/aromatic N) is 3. The van der Waals surface area contributed by atoms with Gasteiger partial charge in [0.05, 0.1) is 13.1 Å². The van der Waals surface area contributed by atoms with Gasteiger partial charge in [0.2, 0.25) is 0 Å². The van der Waals surface area contributed by atoms with Gasteiger partial charge in [0, 0.05) is 31.9 Å². The van der Waals surface area contributed by atoms with Crippen LogP contribution in [0, 0.1) is 5.92 Å². The highest BCUT2D eigenvalue weighted by molar-refractivity contribution is 14.0. The van der Waals surface area contributed by atoms with Crippen LogP contribution in [0.3, 0.4) is 0 Å². The number of halogens is 4. The molecule has 1 aromatic rings. The molecule has 0 radical (unpaired) electrons. The number of likely N-dealkylation sites (tertiary alicyclic amines) is 1. The van der Waals surface area contributed by atoms with Crippen LogP contribution < -0.4 is 15.5 Å². The van der Waals surface area contributed by atoms with Gasteiger partial charge in [-0.3, -0.25) is 4.90 Å². The number of guanidine groups is 1. The first-order chi connectivity index (χ1) is 14.9. The SMILES string of the molecule is CCNC(=NCc1ccc(N2CC=CC2)cc1)NCCC1CCN(CC(F)(F)F)CC1.I. The summed E-state index contributed by atoms with van der Waals surface area (Å²) in [5.74, 6) is 1.25. The molecule has 1 aromatic carbocycles. The summed E-state index contributed by atoms with van der Waals surface area (Å²) in [6.07, 6.45) is 2.85. The highest BCUT2D eigenvalue weighted by Gasteiger charge is 2.32. The van der Waals surface area contributed by atoms with E-state index in [2.05, 4.69) is 56.9 Å². The van der Waals surface area contributed by atoms with Gasteiger partial charge in [0.25, 0.3) is 0 Å². The Kier molecular flexibility index (Phi) is 11.1. The molecule has 0 spiro atoms. The average molecular weight is 565 g/mol. The van der Waals surface area contributed by atoms with Crippen LogP contribution in [-0.2, 0) is 6.54 Å². The molecule has 2 aliphatic rings. The van der Waals surface area contributed by atoms with Gasteiger partial charge in [-0.1, -0.05) is 24.3 Å². The minimum atomic E-state index is -4.10. The van der Waals surface area contributed by atoms with Crippen LogP contribution in [0.25, 0.3) is 0 Å². The number of hydrogen-bond acceptors (Lipinski definition) is 3. The maximum Gasteiger partial charge on any atom is 0.401 e. The molecule has 180 valence electrons. The van der Waals surface area contributed by atoms with Crippen molar-refractivity contribution in [3.8, 4) is 0 Å². The van der Waals surface area contributed by atoms with E-state index in [0.717, 1.165) is 57.0 Å². The van der Waals surface area contributed by atoms with Gasteiger partial charge in [-0.25, -0.2) is 4.99 Å². The van der Waals surface area contributed by atoms with Gasteiger partial charge in [-0.05, 0) is 62.9 Å². The van der Waals surface area contributed by atoms with Gasteiger partial charge < -0.3 is 15.5 Å². The summed E-state index contributed by atoms with van der Waals surface area (Å²) < 4.78 is 37.5. The van der Waals surface area contributed by atoms with Crippen molar-refractivity contribution in [1.82, 2.24) is 15.5 Å². The number of nitrogens with one attached hydrogen (secondary N) is 2. The van der Waals surface area contributed by atoms with Gasteiger partial charge in [-0.2, -0.15) is 13.2 Å². The lowest BCUT2D eigenvalue weighted by Crippen LogP contribution is -2.41. The number of anilines is 1. The van der Waals surface area contributed by atoms with Crippen molar-refractivity contribution in [3.05, 3.63) is 42.0 Å². The Hall–Kier alpha value is -1.49. The minimum Gasteiger partial charge on any atom is -0.364 e. The standard InChI is InChI=1S/C23H34F3N5.HI/c1-2-27-22(28-12-9-19-10-15-30(16-11-19)18-23(24,25)26)29-17-20-5-7-21(8-6-20)31-13-3-4-14-31;/h3-8,19H,2,9-18H2,1H3,(H2,27,28,29);1H. The zero-order valence-corrected chi connectivity index (χ0v) is 21.0. The average Bonchev–Trinajstić information content (AvgIpc) is 3.27. The minimum absolute atomic E-state index is 0. The van der Waals surface area contributed by atoms with E-state index in [0.29, 0.717) is 25.6 Å². The second-order valence-corrected chi connectivity index (χ2v) is 8.29. The Morgan fingerprint density at radius 3 is 2.31 bits per heavy atom. The number of hydrogen-bond donors (Lipinski definition) is 2. The predicted octanol–water partition coefficient (Wildman–Crippen LogP) is 4.40. The largest absolute Gasteiger partial charge is 0.401 e. The Bertz CT molecular complexity index is 720. The second kappa shape index (κ2) is 13.3. The summed E-state index contributed by atoms with van der Waals surface area (Å²) in [4.78, 5) is 8.51. The van der Waals surface area contributed by atoms with Crippen LogP contribution in [0.5, 0.6) is 0 Å². The molecule has 2 heterocycles. The molecular weight excluding hydrogens is 530 g/mol. The molecule has 5 nitrogen and oxygen atoms in total. The van der Waals surface area contributed by atoms with E-state index in [9.17, 15) is 13.2 Å². The van der Waals surface area contributed by atoms with Crippen molar-refractivity contribution >= 4 is 35.6 Å². The summed E-state index contributed by atoms with van der Waals surface area (Å²) in [5, 5.41) is 6.64. The van der Waals surface area contributed by atoms with Crippen molar-refractivity contribution in [2.75, 3.05) is 50.7 Å². The van der Waals surface area contributed by atoms with E-state index in [-0.39, 0.29) is 24.0 Å². The fourth-order valence-electron chi connectivity index (χ4n) is 4.09. The number of rotatable bonds is 8. The first kappa shape index (κ1) is 26.8. The molecule has 0 aromatic heterocycles. The van der Waals surface area contributed by atoms with Gasteiger partial charge in [0.15, 0.2) is 5.96 Å². The molecule has 0 saturated carbocycles. The van der Waals surface area contributed by atoms with E-state index in [1.54, 1.807) is 0 Å². The Morgan fingerprint density at radius 2 is 1.72 bits per heavy atom. The first-order valence-corrected chi connectivity index (χ1v) is 11.2. The third-order valence-corrected chi connectivity index (χ3v) is 5.84. The number of piperidine rings is 1. The molecule has 2 aliphatic heterocycles. The third kappa shape index (κ3) is 9.17. The quantitative estimate of drug-likeness (QED) is 0.212. The van der Waals surface area contributed by atoms with Crippen molar-refractivity contribution in [1.29, 1.82) is 0 Å². The summed E-state index contributed by atoms with van der Waals surface area (Å²) in [5.41, 5.74) is 2.38. The molecule has 0 amide bonds. The molecule has 2 N–H and O–H groups in total. The topological polar surface area (TPSA) is 42.9 Å². The third-order valence-electron chi connectivity index (χ3n) is 5.84. The molecule has 0 atom stereocenters. The normalized spacial score (nSPS) is 18.0. The molecular formula is C23H35F3IN5. The summed E-state index contributed by atoms with van der Waals surface area (Å²) in [7, 11) is 0. The lowest BCUT2D eigenvalue weighted by Gasteiger charge is -2.32. The van der Waals surface area contributed by atoms with Crippen LogP contribution >= 0.6 is 24.0 Å². The van der Waals surface area contributed by atoms with Gasteiger partial charge in [0.1, 0.15) is 0 Å². The molecule has 32 heavy (non-hydrogen) atoms. The van der Waals surface area contributed by atoms with Crippen LogP contribution in [0.2, 0.25) is 0 Å². The Morgan fingerprint density at radius 1 is 1.06 bits per heavy atom. The van der Waals surface area contributed by atoms with Crippen molar-refractivity contribution in [2.24, 2.45) is 10.9 Å². The van der Waals surface area contributed by atoms with Crippen molar-refractivity contribution in [2.45, 2.75) is 38.9 Å². The van der Waals surface area contributed by atoms with Crippen LogP contribution in [0.15, 0.2) is 41.4 Å². The molecule has 0 unspecified atom stereocenters. The summed E-state index contributed by atoms with van der Waals surface area (Å²) >= 11 is 0. The smallest absolute Gasteiger partial charge is 0.364 e. The highest BCUT2D eigenvalue weighted by Crippen LogP contribution is 2.24. The van der Waals surface area contributed by atoms with Crippen LogP contribution in [0.4, 0.5) is 18.9 Å². The van der Waals surface area contributed by atoms with E-state index in [1.807, 2.05) is 6.92 Å². The van der Waals surface area contributed by atoms with E-state index >= 15 is 0 Å². The Balaban J connectivity index is 0.00000363. The molecule has 9 heteroatoms. The van der Waals surface area contributed by atoms with E-state index in [1.165, 1.54) is 10.6 Å². The Labute approximate surface area is 206 Å². The zero-order chi connectivity index (χ0) is 22.1. The maximum absolute atomic E-state index is 12.5. The second-order valence-electron chi connectivity index (χ2n) is 8.29.